The fourth-order valence-corrected chi connectivity index (χ4v) is 2.53. The van der Waals surface area contributed by atoms with Crippen molar-refractivity contribution in [2.45, 2.75) is 24.9 Å². The van der Waals surface area contributed by atoms with Crippen molar-refractivity contribution in [3.8, 4) is 0 Å². The van der Waals surface area contributed by atoms with Crippen LogP contribution in [0.25, 0.3) is 0 Å². The van der Waals surface area contributed by atoms with Crippen LogP contribution in [0.15, 0.2) is 42.7 Å². The van der Waals surface area contributed by atoms with Crippen LogP contribution in [0.2, 0.25) is 0 Å². The van der Waals surface area contributed by atoms with Gasteiger partial charge in [-0.05, 0) is 18.4 Å². The zero-order valence-electron chi connectivity index (χ0n) is 12.4. The van der Waals surface area contributed by atoms with Crippen molar-refractivity contribution < 1.29 is 9.53 Å². The minimum atomic E-state index is -0.873. The maximum absolute atomic E-state index is 12.4. The third-order valence-electron chi connectivity index (χ3n) is 3.97. The fraction of sp³-hybridized carbons (Fsp3) is 0.375. The minimum Gasteiger partial charge on any atom is -0.381 e. The van der Waals surface area contributed by atoms with Gasteiger partial charge in [0.1, 0.15) is 5.54 Å². The summed E-state index contributed by atoms with van der Waals surface area (Å²) in [5.74, 6) is 0.321. The van der Waals surface area contributed by atoms with Crippen molar-refractivity contribution in [3.63, 3.8) is 0 Å². The summed E-state index contributed by atoms with van der Waals surface area (Å²) in [4.78, 5) is 16.7. The number of carbonyl (C=O) groups is 1. The van der Waals surface area contributed by atoms with Crippen LogP contribution in [-0.2, 0) is 16.1 Å². The summed E-state index contributed by atoms with van der Waals surface area (Å²) in [6.45, 7) is 1.68. The fourth-order valence-electron chi connectivity index (χ4n) is 2.53. The van der Waals surface area contributed by atoms with Gasteiger partial charge in [-0.2, -0.15) is 0 Å². The molecule has 6 heteroatoms. The Bertz CT molecular complexity index is 633. The number of nitrogens with zero attached hydrogens (tertiary/aromatic N) is 2. The highest BCUT2D eigenvalue weighted by Crippen LogP contribution is 2.20. The first kappa shape index (κ1) is 14.7. The maximum atomic E-state index is 12.4. The van der Waals surface area contributed by atoms with Crippen LogP contribution in [0.4, 0.5) is 5.95 Å². The third-order valence-corrected chi connectivity index (χ3v) is 3.97. The molecule has 1 fully saturated rings. The Labute approximate surface area is 129 Å². The lowest BCUT2D eigenvalue weighted by atomic mass is 9.90. The average molecular weight is 300 g/mol. The van der Waals surface area contributed by atoms with E-state index in [-0.39, 0.29) is 5.91 Å². The molecule has 1 saturated heterocycles. The van der Waals surface area contributed by atoms with Gasteiger partial charge in [0.15, 0.2) is 0 Å². The van der Waals surface area contributed by atoms with E-state index in [1.165, 1.54) is 0 Å². The first-order valence-electron chi connectivity index (χ1n) is 7.40. The number of benzene rings is 1. The molecule has 6 nitrogen and oxygen atoms in total. The van der Waals surface area contributed by atoms with E-state index in [2.05, 4.69) is 10.3 Å². The molecule has 3 N–H and O–H groups in total. The molecule has 1 amide bonds. The van der Waals surface area contributed by atoms with Gasteiger partial charge in [-0.15, -0.1) is 0 Å². The Balaban J connectivity index is 1.71. The van der Waals surface area contributed by atoms with Crippen molar-refractivity contribution in [1.82, 2.24) is 9.55 Å². The monoisotopic (exact) mass is 300 g/mol. The van der Waals surface area contributed by atoms with Crippen LogP contribution >= 0.6 is 0 Å². The van der Waals surface area contributed by atoms with Crippen LogP contribution in [0.5, 0.6) is 0 Å². The van der Waals surface area contributed by atoms with Crippen LogP contribution in [-0.4, -0.2) is 34.2 Å². The second-order valence-electron chi connectivity index (χ2n) is 5.59. The minimum absolute atomic E-state index is 0.198. The molecule has 0 radical (unpaired) electrons. The number of anilines is 1. The molecule has 22 heavy (non-hydrogen) atoms. The molecule has 1 aromatic heterocycles. The predicted octanol–water partition coefficient (Wildman–Crippen LogP) is 1.38. The number of nitrogens with one attached hydrogen (secondary N) is 1. The normalized spacial score (nSPS) is 17.1. The Morgan fingerprint density at radius 3 is 2.77 bits per heavy atom. The Hall–Kier alpha value is -2.18. The van der Waals surface area contributed by atoms with Crippen molar-refractivity contribution in [2.75, 3.05) is 18.5 Å². The van der Waals surface area contributed by atoms with Crippen LogP contribution in [0, 0.1) is 0 Å². The molecule has 3 rings (SSSR count). The lowest BCUT2D eigenvalue weighted by Gasteiger charge is -2.31. The van der Waals surface area contributed by atoms with Gasteiger partial charge in [0, 0.05) is 25.6 Å². The third kappa shape index (κ3) is 3.18. The standard InChI is InChI=1S/C16H20N4O2/c17-16(6-10-22-11-7-16)14(21)19-15-18-8-9-20(15)12-13-4-2-1-3-5-13/h1-5,8-9H,6-7,10-12,17H2,(H,18,19,21). The summed E-state index contributed by atoms with van der Waals surface area (Å²) in [6, 6.07) is 10.0. The second kappa shape index (κ2) is 6.29. The lowest BCUT2D eigenvalue weighted by molar-refractivity contribution is -0.124. The summed E-state index contributed by atoms with van der Waals surface area (Å²) in [6.07, 6.45) is 4.57. The van der Waals surface area contributed by atoms with E-state index in [9.17, 15) is 4.79 Å². The van der Waals surface area contributed by atoms with Crippen molar-refractivity contribution in [1.29, 1.82) is 0 Å². The van der Waals surface area contributed by atoms with Gasteiger partial charge in [-0.3, -0.25) is 10.1 Å². The number of amides is 1. The summed E-state index contributed by atoms with van der Waals surface area (Å²) in [7, 11) is 0. The SMILES string of the molecule is NC1(C(=O)Nc2nccn2Cc2ccccc2)CCOCC1. The van der Waals surface area contributed by atoms with Gasteiger partial charge in [-0.25, -0.2) is 4.98 Å². The highest BCUT2D eigenvalue weighted by Gasteiger charge is 2.36. The largest absolute Gasteiger partial charge is 0.381 e. The first-order chi connectivity index (χ1) is 10.7. The zero-order chi connectivity index (χ0) is 15.4. The molecule has 0 spiro atoms. The summed E-state index contributed by atoms with van der Waals surface area (Å²) in [5.41, 5.74) is 6.46. The molecule has 1 aliphatic rings. The molecular weight excluding hydrogens is 280 g/mol. The molecular formula is C16H20N4O2. The van der Waals surface area contributed by atoms with E-state index in [4.69, 9.17) is 10.5 Å². The Morgan fingerprint density at radius 1 is 1.32 bits per heavy atom. The summed E-state index contributed by atoms with van der Waals surface area (Å²) in [5, 5.41) is 2.85. The van der Waals surface area contributed by atoms with Gasteiger partial charge < -0.3 is 15.0 Å². The number of carbonyl (C=O) groups excluding carboxylic acids is 1. The number of hydrogen-bond donors (Lipinski definition) is 2. The van der Waals surface area contributed by atoms with Gasteiger partial charge >= 0.3 is 0 Å². The summed E-state index contributed by atoms with van der Waals surface area (Å²) < 4.78 is 7.17. The maximum Gasteiger partial charge on any atom is 0.246 e. The van der Waals surface area contributed by atoms with Gasteiger partial charge in [0.25, 0.3) is 0 Å². The number of rotatable bonds is 4. The molecule has 1 aromatic carbocycles. The van der Waals surface area contributed by atoms with Gasteiger partial charge in [0.2, 0.25) is 11.9 Å². The van der Waals surface area contributed by atoms with E-state index >= 15 is 0 Å². The predicted molar refractivity (Wildman–Crippen MR) is 83.4 cm³/mol. The molecule has 0 atom stereocenters. The zero-order valence-corrected chi connectivity index (χ0v) is 12.4. The Morgan fingerprint density at radius 2 is 2.05 bits per heavy atom. The second-order valence-corrected chi connectivity index (χ2v) is 5.59. The number of nitrogens with two attached hydrogens (primary N) is 1. The molecule has 2 heterocycles. The van der Waals surface area contributed by atoms with Crippen molar-refractivity contribution in [2.24, 2.45) is 5.73 Å². The molecule has 0 saturated carbocycles. The number of ether oxygens (including phenoxy) is 1. The van der Waals surface area contributed by atoms with Crippen LogP contribution in [0.3, 0.4) is 0 Å². The average Bonchev–Trinajstić information content (AvgIpc) is 2.96. The highest BCUT2D eigenvalue weighted by atomic mass is 16.5. The van der Waals surface area contributed by atoms with E-state index in [0.29, 0.717) is 38.5 Å². The lowest BCUT2D eigenvalue weighted by Crippen LogP contribution is -2.54. The molecule has 1 aliphatic heterocycles. The highest BCUT2D eigenvalue weighted by molar-refractivity contribution is 5.96. The number of imidazole rings is 1. The van der Waals surface area contributed by atoms with Crippen molar-refractivity contribution >= 4 is 11.9 Å². The number of hydrogen-bond acceptors (Lipinski definition) is 4. The summed E-state index contributed by atoms with van der Waals surface area (Å²) >= 11 is 0. The molecule has 116 valence electrons. The molecule has 0 unspecified atom stereocenters. The topological polar surface area (TPSA) is 82.2 Å². The number of aromatic nitrogens is 2. The molecule has 0 bridgehead atoms. The molecule has 0 aliphatic carbocycles. The van der Waals surface area contributed by atoms with Gasteiger partial charge in [-0.1, -0.05) is 30.3 Å². The van der Waals surface area contributed by atoms with E-state index in [0.717, 1.165) is 5.56 Å². The van der Waals surface area contributed by atoms with E-state index in [1.54, 1.807) is 6.20 Å². The first-order valence-corrected chi connectivity index (χ1v) is 7.40. The van der Waals surface area contributed by atoms with E-state index < -0.39 is 5.54 Å². The van der Waals surface area contributed by atoms with Gasteiger partial charge in [0.05, 0.1) is 6.54 Å². The quantitative estimate of drug-likeness (QED) is 0.893. The van der Waals surface area contributed by atoms with E-state index in [1.807, 2.05) is 41.1 Å². The van der Waals surface area contributed by atoms with Crippen LogP contribution < -0.4 is 11.1 Å². The Kier molecular flexibility index (Phi) is 4.22. The van der Waals surface area contributed by atoms with Crippen molar-refractivity contribution in [3.05, 3.63) is 48.3 Å². The van der Waals surface area contributed by atoms with Crippen LogP contribution in [0.1, 0.15) is 18.4 Å². The molecule has 2 aromatic rings. The smallest absolute Gasteiger partial charge is 0.246 e.